The number of nitrogens with zero attached hydrogens (tertiary/aromatic N) is 1. The van der Waals surface area contributed by atoms with Gasteiger partial charge in [-0.2, -0.15) is 0 Å². The Bertz CT molecular complexity index is 1480. The fraction of sp³-hybridized carbons (Fsp3) is 0.694. The second kappa shape index (κ2) is 52.5. The molecular weight excluding hydrogens is 887 g/mol. The van der Waals surface area contributed by atoms with Crippen molar-refractivity contribution in [3.8, 4) is 0 Å². The molecule has 406 valence electrons. The zero-order valence-electron chi connectivity index (χ0n) is 46.1. The third kappa shape index (κ3) is 53.8. The van der Waals surface area contributed by atoms with E-state index < -0.39 is 24.3 Å². The van der Waals surface area contributed by atoms with E-state index in [-0.39, 0.29) is 38.6 Å². The Kier molecular flexibility index (Phi) is 49.7. The number of carbonyl (C=O) groups is 3. The van der Waals surface area contributed by atoms with Gasteiger partial charge in [-0.15, -0.1) is 0 Å². The number of unbranched alkanes of at least 4 members (excludes halogenated alkanes) is 20. The Morgan fingerprint density at radius 3 is 1.13 bits per heavy atom. The molecule has 2 unspecified atom stereocenters. The molecule has 0 saturated carbocycles. The first-order chi connectivity index (χ1) is 34.6. The molecule has 0 aliphatic rings. The fourth-order valence-electron chi connectivity index (χ4n) is 7.52. The first kappa shape index (κ1) is 67.2. The van der Waals surface area contributed by atoms with Crippen molar-refractivity contribution in [3.63, 3.8) is 0 Å². The van der Waals surface area contributed by atoms with Crippen LogP contribution >= 0.6 is 0 Å². The highest BCUT2D eigenvalue weighted by Gasteiger charge is 2.25. The summed E-state index contributed by atoms with van der Waals surface area (Å²) in [5, 5.41) is 9.69. The third-order valence-corrected chi connectivity index (χ3v) is 11.8. The van der Waals surface area contributed by atoms with Gasteiger partial charge in [0.1, 0.15) is 13.2 Å². The molecule has 0 aromatic heterocycles. The molecule has 71 heavy (non-hydrogen) atoms. The lowest BCUT2D eigenvalue weighted by Gasteiger charge is -2.25. The van der Waals surface area contributed by atoms with Gasteiger partial charge in [0.15, 0.2) is 6.10 Å². The first-order valence-electron chi connectivity index (χ1n) is 28.4. The second-order valence-electron chi connectivity index (χ2n) is 19.8. The van der Waals surface area contributed by atoms with Gasteiger partial charge in [-0.05, 0) is 89.9 Å². The number of hydrogen-bond acceptors (Lipinski definition) is 7. The summed E-state index contributed by atoms with van der Waals surface area (Å²) in [4.78, 5) is 37.4. The Morgan fingerprint density at radius 2 is 0.761 bits per heavy atom. The van der Waals surface area contributed by atoms with Crippen LogP contribution in [0.2, 0.25) is 0 Å². The summed E-state index contributed by atoms with van der Waals surface area (Å²) < 4.78 is 22.8. The fourth-order valence-corrected chi connectivity index (χ4v) is 7.52. The lowest BCUT2D eigenvalue weighted by Crippen LogP contribution is -2.40. The third-order valence-electron chi connectivity index (χ3n) is 11.8. The summed E-state index contributed by atoms with van der Waals surface area (Å²) in [5.74, 6) is -2.03. The molecule has 1 N–H and O–H groups in total. The minimum absolute atomic E-state index is 0.181. The largest absolute Gasteiger partial charge is 0.477 e. The van der Waals surface area contributed by atoms with E-state index in [0.29, 0.717) is 17.4 Å². The predicted molar refractivity (Wildman–Crippen MR) is 299 cm³/mol. The molecule has 0 bridgehead atoms. The van der Waals surface area contributed by atoms with Crippen molar-refractivity contribution in [2.75, 3.05) is 47.5 Å². The molecule has 2 atom stereocenters. The van der Waals surface area contributed by atoms with E-state index in [0.717, 1.165) is 103 Å². The molecule has 0 aliphatic heterocycles. The Labute approximate surface area is 435 Å². The number of allylic oxidation sites excluding steroid dienone is 16. The summed E-state index contributed by atoms with van der Waals surface area (Å²) in [7, 11) is 5.95. The van der Waals surface area contributed by atoms with Crippen LogP contribution in [-0.4, -0.2) is 87.4 Å². The molecular formula is C62H106NO8+. The van der Waals surface area contributed by atoms with Crippen molar-refractivity contribution in [2.45, 2.75) is 232 Å². The van der Waals surface area contributed by atoms with Crippen LogP contribution in [0.3, 0.4) is 0 Å². The standard InChI is InChI=1S/C62H105NO8/c1-6-8-10-12-14-16-18-20-22-23-24-25-26-27-28-29-30-31-32-33-34-35-36-37-39-41-43-45-47-49-51-53-60(65)71-58(57-70-62(61(66)67)68-55-54-63(3,4)5)56-69-59(64)52-50-48-46-44-42-40-38-21-19-17-15-13-11-9-7-2/h8-11,14-17,20-22,24-25,27-28,38,58,62H,6-7,12-13,18-19,23,26,29-37,39-57H2,1-5H3/p+1/b10-8-,11-9-,16-14-,17-15-,22-20-,25-24-,28-27-,38-21-. The molecule has 0 aromatic carbocycles. The van der Waals surface area contributed by atoms with Crippen LogP contribution in [-0.2, 0) is 33.3 Å². The maximum Gasteiger partial charge on any atom is 0.361 e. The molecule has 0 saturated heterocycles. The van der Waals surface area contributed by atoms with Crippen molar-refractivity contribution >= 4 is 17.9 Å². The average Bonchev–Trinajstić information content (AvgIpc) is 3.34. The van der Waals surface area contributed by atoms with E-state index in [4.69, 9.17) is 18.9 Å². The van der Waals surface area contributed by atoms with Crippen LogP contribution in [0.4, 0.5) is 0 Å². The smallest absolute Gasteiger partial charge is 0.361 e. The molecule has 0 aromatic rings. The average molecular weight is 994 g/mol. The number of carbonyl (C=O) groups excluding carboxylic acids is 2. The molecule has 0 heterocycles. The van der Waals surface area contributed by atoms with E-state index >= 15 is 0 Å². The van der Waals surface area contributed by atoms with Gasteiger partial charge in [0.25, 0.3) is 6.29 Å². The summed E-state index contributed by atoms with van der Waals surface area (Å²) in [5.41, 5.74) is 0. The normalized spacial score (nSPS) is 13.5. The highest BCUT2D eigenvalue weighted by atomic mass is 16.7. The van der Waals surface area contributed by atoms with Crippen LogP contribution in [0.25, 0.3) is 0 Å². The van der Waals surface area contributed by atoms with Gasteiger partial charge < -0.3 is 28.5 Å². The maximum absolute atomic E-state index is 12.9. The topological polar surface area (TPSA) is 108 Å². The molecule has 0 amide bonds. The summed E-state index contributed by atoms with van der Waals surface area (Å²) in [6.07, 6.45) is 67.8. The van der Waals surface area contributed by atoms with Gasteiger partial charge in [0.2, 0.25) is 0 Å². The van der Waals surface area contributed by atoms with E-state index in [1.165, 1.54) is 83.5 Å². The van der Waals surface area contributed by atoms with Gasteiger partial charge in [-0.25, -0.2) is 4.79 Å². The second-order valence-corrected chi connectivity index (χ2v) is 19.8. The SMILES string of the molecule is CC/C=C\C/C=C\C/C=C\C/C=C\C/C=C\CCCCCCCCCCCCCCCCCC(=O)OC(COC(=O)CCCCCCC/C=C\C/C=C\C/C=C\CC)COC(OCC[N+](C)(C)C)C(=O)O. The van der Waals surface area contributed by atoms with Crippen molar-refractivity contribution in [2.24, 2.45) is 0 Å². The number of hydrogen-bond donors (Lipinski definition) is 1. The first-order valence-corrected chi connectivity index (χ1v) is 28.4. The van der Waals surface area contributed by atoms with Crippen LogP contribution in [0, 0.1) is 0 Å². The van der Waals surface area contributed by atoms with Crippen LogP contribution in [0.15, 0.2) is 97.2 Å². The lowest BCUT2D eigenvalue weighted by molar-refractivity contribution is -0.870. The molecule has 9 nitrogen and oxygen atoms in total. The van der Waals surface area contributed by atoms with Crippen LogP contribution in [0.5, 0.6) is 0 Å². The van der Waals surface area contributed by atoms with E-state index in [1.54, 1.807) is 0 Å². The number of carboxylic acids is 1. The number of rotatable bonds is 51. The molecule has 0 fully saturated rings. The van der Waals surface area contributed by atoms with Gasteiger partial charge in [0.05, 0.1) is 34.4 Å². The van der Waals surface area contributed by atoms with Gasteiger partial charge >= 0.3 is 17.9 Å². The summed E-state index contributed by atoms with van der Waals surface area (Å²) in [6.45, 7) is 4.62. The summed E-state index contributed by atoms with van der Waals surface area (Å²) >= 11 is 0. The van der Waals surface area contributed by atoms with Crippen LogP contribution < -0.4 is 0 Å². The van der Waals surface area contributed by atoms with Gasteiger partial charge in [-0.3, -0.25) is 9.59 Å². The molecule has 0 aliphatic carbocycles. The Balaban J connectivity index is 4.19. The summed E-state index contributed by atoms with van der Waals surface area (Å²) in [6, 6.07) is 0. The van der Waals surface area contributed by atoms with E-state index in [9.17, 15) is 19.5 Å². The quantitative estimate of drug-likeness (QED) is 0.0211. The van der Waals surface area contributed by atoms with Crippen LogP contribution in [0.1, 0.15) is 219 Å². The van der Waals surface area contributed by atoms with Gasteiger partial charge in [-0.1, -0.05) is 214 Å². The molecule has 0 spiro atoms. The van der Waals surface area contributed by atoms with E-state index in [1.807, 2.05) is 21.1 Å². The Morgan fingerprint density at radius 1 is 0.423 bits per heavy atom. The molecule has 0 rings (SSSR count). The van der Waals surface area contributed by atoms with Crippen molar-refractivity contribution in [1.29, 1.82) is 0 Å². The van der Waals surface area contributed by atoms with Gasteiger partial charge in [0, 0.05) is 12.8 Å². The predicted octanol–water partition coefficient (Wildman–Crippen LogP) is 16.6. The maximum atomic E-state index is 12.9. The molecule has 0 radical (unpaired) electrons. The number of likely N-dealkylation sites (N-methyl/N-ethyl adjacent to an activating group) is 1. The minimum atomic E-state index is -1.52. The zero-order chi connectivity index (χ0) is 52.0. The van der Waals surface area contributed by atoms with Crippen molar-refractivity contribution in [1.82, 2.24) is 0 Å². The number of esters is 2. The van der Waals surface area contributed by atoms with Crippen molar-refractivity contribution < 1.29 is 42.9 Å². The van der Waals surface area contributed by atoms with E-state index in [2.05, 4.69) is 111 Å². The highest BCUT2D eigenvalue weighted by Crippen LogP contribution is 2.16. The Hall–Kier alpha value is -3.79. The lowest BCUT2D eigenvalue weighted by atomic mass is 10.0. The zero-order valence-corrected chi connectivity index (χ0v) is 46.1. The number of aliphatic carboxylic acids is 1. The highest BCUT2D eigenvalue weighted by molar-refractivity contribution is 5.71. The molecule has 9 heteroatoms. The van der Waals surface area contributed by atoms with Crippen molar-refractivity contribution in [3.05, 3.63) is 97.2 Å². The monoisotopic (exact) mass is 993 g/mol. The number of quaternary nitrogens is 1. The number of carboxylic acid groups (broad SMARTS) is 1. The number of ether oxygens (including phenoxy) is 4. The minimum Gasteiger partial charge on any atom is -0.477 e.